The van der Waals surface area contributed by atoms with Crippen molar-refractivity contribution in [3.63, 3.8) is 0 Å². The topological polar surface area (TPSA) is 90.7 Å². The van der Waals surface area contributed by atoms with Crippen LogP contribution in [-0.4, -0.2) is 30.8 Å². The molecule has 0 fully saturated rings. The molecule has 1 atom stereocenters. The van der Waals surface area contributed by atoms with Crippen LogP contribution in [-0.2, 0) is 16.1 Å². The number of benzene rings is 2. The van der Waals surface area contributed by atoms with Crippen molar-refractivity contribution in [2.75, 3.05) is 13.7 Å². The average molecular weight is 453 g/mol. The van der Waals surface area contributed by atoms with E-state index in [-0.39, 0.29) is 17.8 Å². The Bertz CT molecular complexity index is 799. The highest BCUT2D eigenvalue weighted by Gasteiger charge is 2.15. The summed E-state index contributed by atoms with van der Waals surface area (Å²) in [6.45, 7) is 2.00. The van der Waals surface area contributed by atoms with Crippen molar-refractivity contribution in [2.24, 2.45) is 5.73 Å². The van der Waals surface area contributed by atoms with E-state index >= 15 is 0 Å². The fraction of sp³-hybridized carbons (Fsp3) is 0.263. The Hall–Kier alpha value is -2.19. The number of nitrogens with one attached hydrogen (secondary N) is 1. The summed E-state index contributed by atoms with van der Waals surface area (Å²) < 4.78 is 11.6. The number of primary amides is 1. The van der Waals surface area contributed by atoms with Crippen molar-refractivity contribution < 1.29 is 19.1 Å². The van der Waals surface area contributed by atoms with Gasteiger partial charge < -0.3 is 20.5 Å². The fourth-order valence-corrected chi connectivity index (χ4v) is 3.35. The molecule has 6 nitrogen and oxygen atoms in total. The van der Waals surface area contributed by atoms with Crippen LogP contribution in [0, 0.1) is 0 Å². The van der Waals surface area contributed by atoms with Gasteiger partial charge in [0, 0.05) is 15.9 Å². The predicted molar refractivity (Wildman–Crippen MR) is 109 cm³/mol. The summed E-state index contributed by atoms with van der Waals surface area (Å²) in [5.41, 5.74) is 5.93. The van der Waals surface area contributed by atoms with Crippen molar-refractivity contribution in [1.29, 1.82) is 0 Å². The van der Waals surface area contributed by atoms with Crippen LogP contribution in [0.15, 0.2) is 51.8 Å². The smallest absolute Gasteiger partial charge is 0.255 e. The Labute approximate surface area is 170 Å². The maximum absolute atomic E-state index is 12.3. The first-order valence-electron chi connectivity index (χ1n) is 8.17. The molecule has 8 heteroatoms. The summed E-state index contributed by atoms with van der Waals surface area (Å²) >= 11 is 4.89. The molecular weight excluding hydrogens is 432 g/mol. The quantitative estimate of drug-likeness (QED) is 0.570. The summed E-state index contributed by atoms with van der Waals surface area (Å²) in [6.07, 6.45) is 0. The van der Waals surface area contributed by atoms with Gasteiger partial charge in [0.25, 0.3) is 5.91 Å². The monoisotopic (exact) mass is 452 g/mol. The normalized spacial score (nSPS) is 11.5. The van der Waals surface area contributed by atoms with Crippen LogP contribution < -0.4 is 20.5 Å². The molecule has 1 unspecified atom stereocenters. The number of carbonyl (C=O) groups is 2. The lowest BCUT2D eigenvalue weighted by atomic mass is 10.2. The number of hydrogen-bond acceptors (Lipinski definition) is 5. The first kappa shape index (κ1) is 21.1. The zero-order chi connectivity index (χ0) is 19.8. The summed E-state index contributed by atoms with van der Waals surface area (Å²) in [6, 6.07) is 13.1. The molecule has 144 valence electrons. The lowest BCUT2D eigenvalue weighted by Gasteiger charge is -2.14. The minimum Gasteiger partial charge on any atom is -0.493 e. The first-order valence-corrected chi connectivity index (χ1v) is 9.84. The van der Waals surface area contributed by atoms with E-state index in [1.807, 2.05) is 31.2 Å². The van der Waals surface area contributed by atoms with Crippen LogP contribution in [0.25, 0.3) is 0 Å². The van der Waals surface area contributed by atoms with E-state index in [9.17, 15) is 9.59 Å². The second kappa shape index (κ2) is 10.2. The van der Waals surface area contributed by atoms with E-state index in [0.717, 1.165) is 14.9 Å². The van der Waals surface area contributed by atoms with E-state index in [0.29, 0.717) is 18.0 Å². The maximum atomic E-state index is 12.3. The molecule has 0 aliphatic carbocycles. The van der Waals surface area contributed by atoms with Crippen LogP contribution in [0.2, 0.25) is 0 Å². The van der Waals surface area contributed by atoms with E-state index in [1.54, 1.807) is 18.2 Å². The van der Waals surface area contributed by atoms with Crippen molar-refractivity contribution in [1.82, 2.24) is 5.32 Å². The van der Waals surface area contributed by atoms with Gasteiger partial charge in [-0.2, -0.15) is 0 Å². The summed E-state index contributed by atoms with van der Waals surface area (Å²) in [4.78, 5) is 24.2. The number of rotatable bonds is 9. The van der Waals surface area contributed by atoms with Gasteiger partial charge in [-0.25, -0.2) is 0 Å². The summed E-state index contributed by atoms with van der Waals surface area (Å²) in [5, 5.41) is 2.68. The zero-order valence-electron chi connectivity index (χ0n) is 15.0. The molecule has 0 heterocycles. The fourth-order valence-electron chi connectivity index (χ4n) is 2.19. The van der Waals surface area contributed by atoms with Crippen molar-refractivity contribution in [3.05, 3.63) is 52.5 Å². The molecule has 0 aromatic heterocycles. The Kier molecular flexibility index (Phi) is 7.99. The minimum atomic E-state index is -0.564. The molecule has 0 radical (unpaired) electrons. The number of amides is 2. The van der Waals surface area contributed by atoms with E-state index in [2.05, 4.69) is 21.2 Å². The zero-order valence-corrected chi connectivity index (χ0v) is 17.4. The highest BCUT2D eigenvalue weighted by Crippen LogP contribution is 2.28. The summed E-state index contributed by atoms with van der Waals surface area (Å²) in [5.74, 6) is 0.271. The van der Waals surface area contributed by atoms with E-state index < -0.39 is 5.91 Å². The number of carbonyl (C=O) groups excluding carboxylic acids is 2. The lowest BCUT2D eigenvalue weighted by molar-refractivity contribution is -0.121. The van der Waals surface area contributed by atoms with Crippen LogP contribution in [0.1, 0.15) is 12.5 Å². The molecule has 0 aliphatic heterocycles. The van der Waals surface area contributed by atoms with Gasteiger partial charge in [-0.05, 0) is 48.9 Å². The number of hydrogen-bond donors (Lipinski definition) is 2. The van der Waals surface area contributed by atoms with E-state index in [4.69, 9.17) is 15.2 Å². The molecule has 0 aliphatic rings. The number of thioether (sulfide) groups is 1. The van der Waals surface area contributed by atoms with Gasteiger partial charge in [0.1, 0.15) is 0 Å². The molecule has 2 amide bonds. The van der Waals surface area contributed by atoms with Crippen LogP contribution in [0.4, 0.5) is 0 Å². The van der Waals surface area contributed by atoms with Crippen LogP contribution in [0.3, 0.4) is 0 Å². The standard InChI is InChI=1S/C19H21BrN2O4S/c1-12(27-15-6-4-14(20)5-7-15)19(24)22-10-13-3-8-16(17(9-13)25-2)26-11-18(21)23/h3-9,12H,10-11H2,1-2H3,(H2,21,23)(H,22,24). The third kappa shape index (κ3) is 6.80. The Morgan fingerprint density at radius 3 is 2.52 bits per heavy atom. The van der Waals surface area contributed by atoms with Crippen molar-refractivity contribution >= 4 is 39.5 Å². The molecule has 3 N–H and O–H groups in total. The minimum absolute atomic E-state index is 0.0593. The number of methoxy groups -OCH3 is 1. The molecule has 0 saturated carbocycles. The number of ether oxygens (including phenoxy) is 2. The SMILES string of the molecule is COc1cc(CNC(=O)C(C)Sc2ccc(Br)cc2)ccc1OCC(N)=O. The number of nitrogens with two attached hydrogens (primary N) is 1. The summed E-state index contributed by atoms with van der Waals surface area (Å²) in [7, 11) is 1.51. The molecule has 0 saturated heterocycles. The number of halogens is 1. The molecule has 27 heavy (non-hydrogen) atoms. The van der Waals surface area contributed by atoms with Crippen molar-refractivity contribution in [2.45, 2.75) is 23.6 Å². The highest BCUT2D eigenvalue weighted by atomic mass is 79.9. The van der Waals surface area contributed by atoms with Gasteiger partial charge in [-0.15, -0.1) is 11.8 Å². The van der Waals surface area contributed by atoms with Gasteiger partial charge in [-0.1, -0.05) is 22.0 Å². The average Bonchev–Trinajstić information content (AvgIpc) is 2.66. The molecule has 2 rings (SSSR count). The lowest BCUT2D eigenvalue weighted by Crippen LogP contribution is -2.30. The molecule has 2 aromatic rings. The van der Waals surface area contributed by atoms with Gasteiger partial charge in [0.05, 0.1) is 12.4 Å². The van der Waals surface area contributed by atoms with Gasteiger partial charge in [0.15, 0.2) is 18.1 Å². The van der Waals surface area contributed by atoms with Gasteiger partial charge in [-0.3, -0.25) is 9.59 Å². The third-order valence-corrected chi connectivity index (χ3v) is 5.20. The first-order chi connectivity index (χ1) is 12.9. The van der Waals surface area contributed by atoms with Gasteiger partial charge in [0.2, 0.25) is 5.91 Å². The van der Waals surface area contributed by atoms with Crippen molar-refractivity contribution in [3.8, 4) is 11.5 Å². The Morgan fingerprint density at radius 1 is 1.19 bits per heavy atom. The van der Waals surface area contributed by atoms with Gasteiger partial charge >= 0.3 is 0 Å². The molecule has 0 bridgehead atoms. The van der Waals surface area contributed by atoms with E-state index in [1.165, 1.54) is 18.9 Å². The largest absolute Gasteiger partial charge is 0.493 e. The molecular formula is C19H21BrN2O4S. The molecule has 2 aromatic carbocycles. The Balaban J connectivity index is 1.91. The van der Waals surface area contributed by atoms with Crippen LogP contribution >= 0.6 is 27.7 Å². The third-order valence-electron chi connectivity index (χ3n) is 3.56. The maximum Gasteiger partial charge on any atom is 0.255 e. The Morgan fingerprint density at radius 2 is 1.89 bits per heavy atom. The van der Waals surface area contributed by atoms with Crippen LogP contribution in [0.5, 0.6) is 11.5 Å². The predicted octanol–water partition coefficient (Wildman–Crippen LogP) is 3.12. The second-order valence-corrected chi connectivity index (χ2v) is 8.00. The second-order valence-electron chi connectivity index (χ2n) is 5.67. The molecule has 0 spiro atoms. The highest BCUT2D eigenvalue weighted by molar-refractivity contribution is 9.10.